The molecular weight excluding hydrogens is 388 g/mol. The summed E-state index contributed by atoms with van der Waals surface area (Å²) in [5.74, 6) is 3.31. The molecule has 31 heavy (non-hydrogen) atoms. The molecule has 5 heteroatoms. The summed E-state index contributed by atoms with van der Waals surface area (Å²) in [6.07, 6.45) is 10.0. The lowest BCUT2D eigenvalue weighted by Gasteiger charge is -2.56. The molecule has 4 saturated carbocycles. The van der Waals surface area contributed by atoms with Crippen LogP contribution in [0.3, 0.4) is 0 Å². The maximum absolute atomic E-state index is 13.5. The minimum atomic E-state index is -0.183. The van der Waals surface area contributed by atoms with E-state index < -0.39 is 0 Å². The molecule has 2 heterocycles. The molecule has 5 aliphatic rings. The molecule has 7 rings (SSSR count). The summed E-state index contributed by atoms with van der Waals surface area (Å²) < 4.78 is 8.14. The van der Waals surface area contributed by atoms with Crippen molar-refractivity contribution in [1.82, 2.24) is 9.88 Å². The van der Waals surface area contributed by atoms with Crippen molar-refractivity contribution in [2.75, 3.05) is 6.61 Å². The van der Waals surface area contributed by atoms with Crippen molar-refractivity contribution < 1.29 is 9.53 Å². The van der Waals surface area contributed by atoms with Crippen LogP contribution in [0.4, 0.5) is 0 Å². The maximum Gasteiger partial charge on any atom is 0.257 e. The van der Waals surface area contributed by atoms with Gasteiger partial charge in [0.05, 0.1) is 16.9 Å². The number of hydrogen-bond acceptors (Lipinski definition) is 3. The number of aromatic nitrogens is 1. The Hall–Kier alpha value is -2.30. The lowest BCUT2D eigenvalue weighted by atomic mass is 9.53. The number of carbonyl (C=O) groups is 1. The molecule has 0 spiro atoms. The highest BCUT2D eigenvalue weighted by Crippen LogP contribution is 2.55. The van der Waals surface area contributed by atoms with E-state index in [0.717, 1.165) is 54.7 Å². The maximum atomic E-state index is 13.5. The third-order valence-electron chi connectivity index (χ3n) is 8.24. The van der Waals surface area contributed by atoms with Gasteiger partial charge in [-0.05, 0) is 80.8 Å². The predicted molar refractivity (Wildman–Crippen MR) is 121 cm³/mol. The smallest absolute Gasteiger partial charge is 0.257 e. The number of benzene rings is 1. The van der Waals surface area contributed by atoms with E-state index in [0.29, 0.717) is 17.9 Å². The molecule has 164 valence electrons. The number of amides is 1. The number of para-hydroxylation sites is 1. The Bertz CT molecular complexity index is 1080. The molecule has 4 bridgehead atoms. The number of pyridine rings is 1. The molecule has 5 nitrogen and oxygen atoms in total. The van der Waals surface area contributed by atoms with Gasteiger partial charge < -0.3 is 14.6 Å². The van der Waals surface area contributed by atoms with Crippen LogP contribution in [-0.2, 0) is 0 Å². The third-order valence-corrected chi connectivity index (χ3v) is 8.24. The van der Waals surface area contributed by atoms with Crippen LogP contribution in [0.5, 0.6) is 5.75 Å². The Morgan fingerprint density at radius 1 is 1.16 bits per heavy atom. The van der Waals surface area contributed by atoms with Crippen molar-refractivity contribution in [1.29, 1.82) is 0 Å². The highest BCUT2D eigenvalue weighted by molar-refractivity contribution is 5.98. The summed E-state index contributed by atoms with van der Waals surface area (Å²) >= 11 is 0. The summed E-state index contributed by atoms with van der Waals surface area (Å²) in [4.78, 5) is 26.9. The average Bonchev–Trinajstić information content (AvgIpc) is 2.70. The van der Waals surface area contributed by atoms with Gasteiger partial charge in [-0.1, -0.05) is 19.9 Å². The quantitative estimate of drug-likeness (QED) is 0.781. The second kappa shape index (κ2) is 6.85. The number of carbonyl (C=O) groups excluding carboxylic acids is 1. The fraction of sp³-hybridized carbons (Fsp3) is 0.615. The molecule has 4 fully saturated rings. The van der Waals surface area contributed by atoms with Crippen LogP contribution in [0.1, 0.15) is 75.2 Å². The van der Waals surface area contributed by atoms with Crippen molar-refractivity contribution in [3.8, 4) is 5.75 Å². The van der Waals surface area contributed by atoms with E-state index in [9.17, 15) is 9.59 Å². The zero-order valence-electron chi connectivity index (χ0n) is 18.5. The van der Waals surface area contributed by atoms with Gasteiger partial charge in [0.15, 0.2) is 0 Å². The van der Waals surface area contributed by atoms with E-state index in [4.69, 9.17) is 4.74 Å². The van der Waals surface area contributed by atoms with Crippen LogP contribution in [0.2, 0.25) is 0 Å². The van der Waals surface area contributed by atoms with Gasteiger partial charge in [0.2, 0.25) is 5.43 Å². The van der Waals surface area contributed by atoms with Crippen molar-refractivity contribution in [3.63, 3.8) is 0 Å². The Morgan fingerprint density at radius 2 is 1.84 bits per heavy atom. The van der Waals surface area contributed by atoms with E-state index in [1.165, 1.54) is 19.3 Å². The van der Waals surface area contributed by atoms with E-state index >= 15 is 0 Å². The lowest BCUT2D eigenvalue weighted by Crippen LogP contribution is -2.60. The molecule has 1 N–H and O–H groups in total. The number of nitrogens with zero attached hydrogens (tertiary/aromatic N) is 1. The number of ether oxygens (including phenoxy) is 1. The summed E-state index contributed by atoms with van der Waals surface area (Å²) in [5.41, 5.74) is 0.841. The number of hydrogen-bond donors (Lipinski definition) is 1. The Kier molecular flexibility index (Phi) is 4.28. The second-order valence-electron chi connectivity index (χ2n) is 11.2. The second-order valence-corrected chi connectivity index (χ2v) is 11.2. The summed E-state index contributed by atoms with van der Waals surface area (Å²) in [7, 11) is 0. The minimum absolute atomic E-state index is 0.0998. The van der Waals surface area contributed by atoms with Crippen molar-refractivity contribution in [2.45, 2.75) is 70.4 Å². The summed E-state index contributed by atoms with van der Waals surface area (Å²) in [6, 6.07) is 5.73. The third kappa shape index (κ3) is 3.11. The van der Waals surface area contributed by atoms with E-state index in [1.54, 1.807) is 0 Å². The highest BCUT2D eigenvalue weighted by atomic mass is 16.5. The van der Waals surface area contributed by atoms with Crippen LogP contribution in [-0.4, -0.2) is 22.6 Å². The van der Waals surface area contributed by atoms with Crippen molar-refractivity contribution in [2.24, 2.45) is 23.7 Å². The zero-order valence-corrected chi connectivity index (χ0v) is 18.5. The first-order chi connectivity index (χ1) is 14.9. The van der Waals surface area contributed by atoms with Crippen molar-refractivity contribution in [3.05, 3.63) is 40.2 Å². The first-order valence-corrected chi connectivity index (χ1v) is 12.0. The van der Waals surface area contributed by atoms with Gasteiger partial charge in [0.1, 0.15) is 17.9 Å². The standard InChI is InChI=1S/C26H32N2O3/c1-15(2)6-19-14-31-22-5-3-4-20-23(22)28(19)13-21(24(20)29)25(30)27-26-10-16-7-17(11-26)9-18(8-16)12-26/h3-5,13,15-19H,6-12,14H2,1-2H3,(H,27,30)/t16?,17?,18?,19-,26?/m1/s1. The summed E-state index contributed by atoms with van der Waals surface area (Å²) in [6.45, 7) is 4.96. The lowest BCUT2D eigenvalue weighted by molar-refractivity contribution is -0.0167. The van der Waals surface area contributed by atoms with Gasteiger partial charge in [-0.2, -0.15) is 0 Å². The highest BCUT2D eigenvalue weighted by Gasteiger charge is 2.51. The van der Waals surface area contributed by atoms with Crippen LogP contribution >= 0.6 is 0 Å². The van der Waals surface area contributed by atoms with Gasteiger partial charge >= 0.3 is 0 Å². The molecule has 0 radical (unpaired) electrons. The van der Waals surface area contributed by atoms with Crippen LogP contribution < -0.4 is 15.5 Å². The SMILES string of the molecule is CC(C)C[C@@H]1COc2cccc3c(=O)c(C(=O)NC45CC6CC(CC(C6)C4)C5)cn1c23. The number of nitrogens with one attached hydrogen (secondary N) is 1. The first kappa shape index (κ1) is 19.4. The van der Waals surface area contributed by atoms with Gasteiger partial charge in [0.25, 0.3) is 5.91 Å². The van der Waals surface area contributed by atoms with Gasteiger partial charge in [-0.15, -0.1) is 0 Å². The first-order valence-electron chi connectivity index (χ1n) is 12.0. The average molecular weight is 421 g/mol. The molecule has 2 aromatic rings. The molecule has 1 amide bonds. The Morgan fingerprint density at radius 3 is 2.48 bits per heavy atom. The molecule has 1 aromatic heterocycles. The van der Waals surface area contributed by atoms with E-state index in [2.05, 4.69) is 23.7 Å². The van der Waals surface area contributed by atoms with Crippen LogP contribution in [0.15, 0.2) is 29.2 Å². The molecule has 1 atom stereocenters. The summed E-state index contributed by atoms with van der Waals surface area (Å²) in [5, 5.41) is 3.99. The van der Waals surface area contributed by atoms with Crippen LogP contribution in [0, 0.1) is 23.7 Å². The molecule has 1 aromatic carbocycles. The fourth-order valence-corrected chi connectivity index (χ4v) is 7.51. The molecule has 1 aliphatic heterocycles. The van der Waals surface area contributed by atoms with E-state index in [1.807, 2.05) is 24.4 Å². The molecule has 0 unspecified atom stereocenters. The van der Waals surface area contributed by atoms with Crippen molar-refractivity contribution >= 4 is 16.8 Å². The normalized spacial score (nSPS) is 33.0. The van der Waals surface area contributed by atoms with Gasteiger partial charge in [-0.25, -0.2) is 0 Å². The zero-order chi connectivity index (χ0) is 21.3. The van der Waals surface area contributed by atoms with E-state index in [-0.39, 0.29) is 28.5 Å². The predicted octanol–water partition coefficient (Wildman–Crippen LogP) is 4.68. The minimum Gasteiger partial charge on any atom is -0.489 e. The fourth-order valence-electron chi connectivity index (χ4n) is 7.51. The van der Waals surface area contributed by atoms with Gasteiger partial charge in [-0.3, -0.25) is 9.59 Å². The van der Waals surface area contributed by atoms with Crippen LogP contribution in [0.25, 0.3) is 10.9 Å². The Balaban J connectivity index is 1.40. The topological polar surface area (TPSA) is 60.3 Å². The Labute approximate surface area is 183 Å². The largest absolute Gasteiger partial charge is 0.489 e. The number of rotatable bonds is 4. The molecular formula is C26H32N2O3. The van der Waals surface area contributed by atoms with Gasteiger partial charge in [0, 0.05) is 11.7 Å². The molecule has 4 aliphatic carbocycles. The monoisotopic (exact) mass is 420 g/mol. The molecule has 0 saturated heterocycles.